The number of aliphatic hydroxyl groups excluding tert-OH is 1. The molecule has 0 radical (unpaired) electrons. The van der Waals surface area contributed by atoms with Gasteiger partial charge < -0.3 is 10.4 Å². The minimum absolute atomic E-state index is 0.126. The lowest BCUT2D eigenvalue weighted by Crippen LogP contribution is -2.28. The van der Waals surface area contributed by atoms with Crippen LogP contribution < -0.4 is 5.32 Å². The first-order chi connectivity index (χ1) is 8.08. The molecule has 6 heteroatoms. The van der Waals surface area contributed by atoms with E-state index in [1.807, 2.05) is 0 Å². The fraction of sp³-hybridized carbons (Fsp3) is 0.455. The van der Waals surface area contributed by atoms with Crippen LogP contribution in [0.4, 0.5) is 15.8 Å². The normalized spacial score (nSPS) is 23.6. The molecule has 0 amide bonds. The Morgan fingerprint density at radius 2 is 2.24 bits per heavy atom. The Kier molecular flexibility index (Phi) is 3.23. The number of nitrogens with zero attached hydrogens (tertiary/aromatic N) is 1. The largest absolute Gasteiger partial charge is 0.391 e. The van der Waals surface area contributed by atoms with Crippen molar-refractivity contribution in [3.05, 3.63) is 34.1 Å². The van der Waals surface area contributed by atoms with Gasteiger partial charge in [0.25, 0.3) is 5.69 Å². The number of hydrogen-bond acceptors (Lipinski definition) is 4. The van der Waals surface area contributed by atoms with Gasteiger partial charge in [-0.3, -0.25) is 10.1 Å². The molecule has 92 valence electrons. The second kappa shape index (κ2) is 4.67. The lowest BCUT2D eigenvalue weighted by molar-refractivity contribution is -0.384. The minimum atomic E-state index is -0.566. The third-order valence-electron chi connectivity index (χ3n) is 2.98. The van der Waals surface area contributed by atoms with E-state index in [4.69, 9.17) is 0 Å². The summed E-state index contributed by atoms with van der Waals surface area (Å²) in [5, 5.41) is 23.2. The van der Waals surface area contributed by atoms with Crippen LogP contribution in [0.1, 0.15) is 19.3 Å². The molecule has 0 saturated heterocycles. The van der Waals surface area contributed by atoms with E-state index in [0.29, 0.717) is 6.42 Å². The van der Waals surface area contributed by atoms with E-state index in [9.17, 15) is 19.6 Å². The van der Waals surface area contributed by atoms with Crippen LogP contribution in [0.15, 0.2) is 18.2 Å². The molecule has 0 spiro atoms. The molecular formula is C11H13FN2O3. The second-order valence-electron chi connectivity index (χ2n) is 4.17. The molecule has 5 nitrogen and oxygen atoms in total. The summed E-state index contributed by atoms with van der Waals surface area (Å²) in [6, 6.07) is 3.02. The number of aliphatic hydroxyl groups is 1. The van der Waals surface area contributed by atoms with E-state index in [1.54, 1.807) is 0 Å². The summed E-state index contributed by atoms with van der Waals surface area (Å²) in [5.41, 5.74) is -0.0496. The molecule has 2 rings (SSSR count). The smallest absolute Gasteiger partial charge is 0.292 e. The summed E-state index contributed by atoms with van der Waals surface area (Å²) in [7, 11) is 0. The average Bonchev–Trinajstić information content (AvgIpc) is 2.64. The average molecular weight is 240 g/mol. The number of hydrogen-bond donors (Lipinski definition) is 2. The topological polar surface area (TPSA) is 75.4 Å². The number of benzene rings is 1. The standard InChI is InChI=1S/C11H13FN2O3/c12-7-4-5-10(14(16)17)9(6-7)13-8-2-1-3-11(8)15/h4-6,8,11,13,15H,1-3H2. The highest BCUT2D eigenvalue weighted by Crippen LogP contribution is 2.29. The second-order valence-corrected chi connectivity index (χ2v) is 4.17. The first kappa shape index (κ1) is 11.8. The van der Waals surface area contributed by atoms with Gasteiger partial charge in [0.15, 0.2) is 0 Å². The van der Waals surface area contributed by atoms with Gasteiger partial charge in [0.05, 0.1) is 17.1 Å². The summed E-state index contributed by atoms with van der Waals surface area (Å²) in [6.45, 7) is 0. The first-order valence-electron chi connectivity index (χ1n) is 5.46. The van der Waals surface area contributed by atoms with E-state index >= 15 is 0 Å². The highest BCUT2D eigenvalue weighted by atomic mass is 19.1. The van der Waals surface area contributed by atoms with Crippen molar-refractivity contribution in [1.29, 1.82) is 0 Å². The van der Waals surface area contributed by atoms with Gasteiger partial charge >= 0.3 is 0 Å². The number of nitro benzene ring substituents is 1. The van der Waals surface area contributed by atoms with Gasteiger partial charge in [-0.25, -0.2) is 4.39 Å². The van der Waals surface area contributed by atoms with Crippen molar-refractivity contribution in [2.45, 2.75) is 31.4 Å². The third-order valence-corrected chi connectivity index (χ3v) is 2.98. The minimum Gasteiger partial charge on any atom is -0.391 e. The van der Waals surface area contributed by atoms with Crippen LogP contribution in [0.2, 0.25) is 0 Å². The van der Waals surface area contributed by atoms with Crippen molar-refractivity contribution in [3.63, 3.8) is 0 Å². The van der Waals surface area contributed by atoms with Crippen molar-refractivity contribution in [2.24, 2.45) is 0 Å². The molecule has 17 heavy (non-hydrogen) atoms. The van der Waals surface area contributed by atoms with Crippen molar-refractivity contribution in [1.82, 2.24) is 0 Å². The van der Waals surface area contributed by atoms with Crippen LogP contribution in [0.25, 0.3) is 0 Å². The monoisotopic (exact) mass is 240 g/mol. The third kappa shape index (κ3) is 2.52. The quantitative estimate of drug-likeness (QED) is 0.626. The Labute approximate surface area is 97.4 Å². The van der Waals surface area contributed by atoms with Gasteiger partial charge in [-0.2, -0.15) is 0 Å². The maximum absolute atomic E-state index is 13.1. The number of rotatable bonds is 3. The van der Waals surface area contributed by atoms with Gasteiger partial charge in [-0.15, -0.1) is 0 Å². The molecular weight excluding hydrogens is 227 g/mol. The maximum Gasteiger partial charge on any atom is 0.292 e. The molecule has 1 aliphatic carbocycles. The van der Waals surface area contributed by atoms with Crippen LogP contribution in [0.3, 0.4) is 0 Å². The van der Waals surface area contributed by atoms with Gasteiger partial charge in [0.2, 0.25) is 0 Å². The summed E-state index contributed by atoms with van der Waals surface area (Å²) >= 11 is 0. The van der Waals surface area contributed by atoms with Crippen LogP contribution in [0, 0.1) is 15.9 Å². The predicted molar refractivity (Wildman–Crippen MR) is 60.3 cm³/mol. The van der Waals surface area contributed by atoms with E-state index in [0.717, 1.165) is 31.0 Å². The Hall–Kier alpha value is -1.69. The molecule has 1 aliphatic rings. The highest BCUT2D eigenvalue weighted by molar-refractivity contribution is 5.62. The Morgan fingerprint density at radius 1 is 1.47 bits per heavy atom. The summed E-state index contributed by atoms with van der Waals surface area (Å²) < 4.78 is 13.1. The van der Waals surface area contributed by atoms with E-state index < -0.39 is 16.8 Å². The molecule has 2 N–H and O–H groups in total. The number of nitrogens with one attached hydrogen (secondary N) is 1. The summed E-state index contributed by atoms with van der Waals surface area (Å²) in [6.07, 6.45) is 1.73. The molecule has 1 aromatic carbocycles. The zero-order valence-corrected chi connectivity index (χ0v) is 9.10. The Bertz CT molecular complexity index is 439. The first-order valence-corrected chi connectivity index (χ1v) is 5.46. The van der Waals surface area contributed by atoms with Crippen molar-refractivity contribution in [3.8, 4) is 0 Å². The lowest BCUT2D eigenvalue weighted by Gasteiger charge is -2.17. The van der Waals surface area contributed by atoms with Crippen LogP contribution >= 0.6 is 0 Å². The van der Waals surface area contributed by atoms with Gasteiger partial charge in [-0.1, -0.05) is 0 Å². The lowest BCUT2D eigenvalue weighted by atomic mass is 10.2. The van der Waals surface area contributed by atoms with E-state index in [2.05, 4.69) is 5.32 Å². The molecule has 0 heterocycles. The maximum atomic E-state index is 13.1. The predicted octanol–water partition coefficient (Wildman–Crippen LogP) is 2.06. The molecule has 0 bridgehead atoms. The Morgan fingerprint density at radius 3 is 2.82 bits per heavy atom. The Balaban J connectivity index is 2.24. The van der Waals surface area contributed by atoms with E-state index in [1.165, 1.54) is 0 Å². The molecule has 1 saturated carbocycles. The molecule has 2 unspecified atom stereocenters. The van der Waals surface area contributed by atoms with Crippen molar-refractivity contribution in [2.75, 3.05) is 5.32 Å². The highest BCUT2D eigenvalue weighted by Gasteiger charge is 2.27. The summed E-state index contributed by atoms with van der Waals surface area (Å²) in [4.78, 5) is 10.2. The SMILES string of the molecule is O=[N+]([O-])c1ccc(F)cc1NC1CCCC1O. The molecule has 0 aliphatic heterocycles. The number of anilines is 1. The van der Waals surface area contributed by atoms with Gasteiger partial charge in [0.1, 0.15) is 11.5 Å². The molecule has 2 atom stereocenters. The van der Waals surface area contributed by atoms with Crippen LogP contribution in [0.5, 0.6) is 0 Å². The van der Waals surface area contributed by atoms with Crippen LogP contribution in [-0.2, 0) is 0 Å². The summed E-state index contributed by atoms with van der Waals surface area (Å²) in [5.74, 6) is -0.536. The fourth-order valence-corrected chi connectivity index (χ4v) is 2.09. The molecule has 1 aromatic rings. The molecule has 0 aromatic heterocycles. The van der Waals surface area contributed by atoms with Gasteiger partial charge in [-0.05, 0) is 25.3 Å². The fourth-order valence-electron chi connectivity index (χ4n) is 2.09. The van der Waals surface area contributed by atoms with Crippen molar-refractivity contribution >= 4 is 11.4 Å². The number of nitro groups is 1. The van der Waals surface area contributed by atoms with Gasteiger partial charge in [0, 0.05) is 12.1 Å². The zero-order chi connectivity index (χ0) is 12.4. The molecule has 1 fully saturated rings. The van der Waals surface area contributed by atoms with Crippen molar-refractivity contribution < 1.29 is 14.4 Å². The number of halogens is 1. The van der Waals surface area contributed by atoms with Crippen LogP contribution in [-0.4, -0.2) is 22.2 Å². The zero-order valence-electron chi connectivity index (χ0n) is 9.10. The van der Waals surface area contributed by atoms with E-state index in [-0.39, 0.29) is 17.4 Å².